The minimum absolute atomic E-state index is 0.160. The van der Waals surface area contributed by atoms with Gasteiger partial charge in [0.25, 0.3) is 0 Å². The van der Waals surface area contributed by atoms with Crippen LogP contribution in [0.15, 0.2) is 28.5 Å². The van der Waals surface area contributed by atoms with Crippen LogP contribution in [0.4, 0.5) is 0 Å². The molecule has 8 heteroatoms. The topological polar surface area (TPSA) is 93.8 Å². The molecule has 1 fully saturated rings. The largest absolute Gasteiger partial charge is 0.478 e. The fourth-order valence-electron chi connectivity index (χ4n) is 1.53. The van der Waals surface area contributed by atoms with Crippen molar-refractivity contribution in [3.8, 4) is 0 Å². The van der Waals surface area contributed by atoms with Gasteiger partial charge in [-0.1, -0.05) is 0 Å². The maximum Gasteiger partial charge on any atom is 0.338 e. The van der Waals surface area contributed by atoms with Gasteiger partial charge < -0.3 is 5.11 Å². The van der Waals surface area contributed by atoms with Crippen LogP contribution in [0.25, 0.3) is 0 Å². The summed E-state index contributed by atoms with van der Waals surface area (Å²) in [6, 6.07) is 2.01. The highest BCUT2D eigenvalue weighted by Gasteiger charge is 2.28. The number of pyridine rings is 1. The molecule has 18 heavy (non-hydrogen) atoms. The highest BCUT2D eigenvalue weighted by molar-refractivity contribution is 7.99. The summed E-state index contributed by atoms with van der Waals surface area (Å²) >= 11 is 1.25. The Bertz CT molecular complexity index is 595. The van der Waals surface area contributed by atoms with Crippen LogP contribution in [0.1, 0.15) is 29.2 Å². The molecule has 1 N–H and O–H groups in total. The van der Waals surface area contributed by atoms with E-state index in [2.05, 4.69) is 20.5 Å². The first-order chi connectivity index (χ1) is 8.75. The number of tetrazole rings is 1. The first-order valence-electron chi connectivity index (χ1n) is 5.38. The van der Waals surface area contributed by atoms with Crippen LogP contribution in [0.5, 0.6) is 0 Å². The van der Waals surface area contributed by atoms with Crippen LogP contribution in [0, 0.1) is 0 Å². The van der Waals surface area contributed by atoms with Crippen LogP contribution in [0.3, 0.4) is 0 Å². The number of carboxylic acid groups (broad SMARTS) is 1. The second-order valence-electron chi connectivity index (χ2n) is 3.92. The van der Waals surface area contributed by atoms with E-state index in [9.17, 15) is 4.79 Å². The lowest BCUT2D eigenvalue weighted by molar-refractivity contribution is 0.0692. The Morgan fingerprint density at radius 3 is 3.06 bits per heavy atom. The van der Waals surface area contributed by atoms with E-state index in [0.29, 0.717) is 16.1 Å². The number of carboxylic acids is 1. The second-order valence-corrected chi connectivity index (χ2v) is 4.93. The molecule has 1 aliphatic carbocycles. The highest BCUT2D eigenvalue weighted by Crippen LogP contribution is 2.38. The van der Waals surface area contributed by atoms with E-state index in [1.807, 2.05) is 0 Å². The fourth-order valence-corrected chi connectivity index (χ4v) is 2.46. The summed E-state index contributed by atoms with van der Waals surface area (Å²) in [6.45, 7) is 0. The zero-order chi connectivity index (χ0) is 12.5. The van der Waals surface area contributed by atoms with Crippen molar-refractivity contribution in [3.05, 3.63) is 24.0 Å². The van der Waals surface area contributed by atoms with Crippen LogP contribution < -0.4 is 0 Å². The number of carbonyl (C=O) groups is 1. The van der Waals surface area contributed by atoms with Crippen molar-refractivity contribution in [3.63, 3.8) is 0 Å². The lowest BCUT2D eigenvalue weighted by atomic mass is 10.3. The van der Waals surface area contributed by atoms with E-state index in [4.69, 9.17) is 5.11 Å². The molecule has 2 heterocycles. The molecular weight excluding hydrogens is 254 g/mol. The Morgan fingerprint density at radius 2 is 2.33 bits per heavy atom. The monoisotopic (exact) mass is 263 g/mol. The zero-order valence-corrected chi connectivity index (χ0v) is 10.0. The number of aromatic nitrogens is 5. The van der Waals surface area contributed by atoms with E-state index in [1.165, 1.54) is 18.0 Å². The minimum atomic E-state index is -1.00. The van der Waals surface area contributed by atoms with Crippen LogP contribution in [-0.2, 0) is 0 Å². The predicted octanol–water partition coefficient (Wildman–Crippen LogP) is 1.25. The van der Waals surface area contributed by atoms with Crippen LogP contribution in [0.2, 0.25) is 0 Å². The molecule has 0 aliphatic heterocycles. The molecule has 0 spiro atoms. The molecule has 0 bridgehead atoms. The third-order valence-corrected chi connectivity index (χ3v) is 3.60. The summed E-state index contributed by atoms with van der Waals surface area (Å²) in [5, 5.41) is 21.2. The molecule has 3 rings (SSSR count). The molecule has 2 aromatic heterocycles. The summed E-state index contributed by atoms with van der Waals surface area (Å²) in [4.78, 5) is 15.5. The van der Waals surface area contributed by atoms with Gasteiger partial charge in [-0.05, 0) is 41.1 Å². The molecule has 1 aliphatic rings. The van der Waals surface area contributed by atoms with Gasteiger partial charge in [-0.25, -0.2) is 9.48 Å². The van der Waals surface area contributed by atoms with Crippen molar-refractivity contribution < 1.29 is 9.90 Å². The van der Waals surface area contributed by atoms with Crippen molar-refractivity contribution in [2.45, 2.75) is 28.9 Å². The Balaban J connectivity index is 1.92. The van der Waals surface area contributed by atoms with Gasteiger partial charge in [0.1, 0.15) is 0 Å². The lowest BCUT2D eigenvalue weighted by Crippen LogP contribution is -2.02. The Labute approximate surface area is 106 Å². The summed E-state index contributed by atoms with van der Waals surface area (Å²) in [6.07, 6.45) is 5.03. The third-order valence-electron chi connectivity index (χ3n) is 2.57. The van der Waals surface area contributed by atoms with E-state index < -0.39 is 5.97 Å². The number of aromatic carboxylic acids is 1. The Hall–Kier alpha value is -1.96. The van der Waals surface area contributed by atoms with E-state index >= 15 is 0 Å². The van der Waals surface area contributed by atoms with Gasteiger partial charge in [0, 0.05) is 17.3 Å². The molecule has 0 atom stereocenters. The molecule has 2 aromatic rings. The number of rotatable bonds is 4. The number of hydrogen-bond acceptors (Lipinski definition) is 6. The first-order valence-corrected chi connectivity index (χ1v) is 6.20. The molecule has 0 saturated heterocycles. The van der Waals surface area contributed by atoms with Gasteiger partial charge in [0.15, 0.2) is 0 Å². The Morgan fingerprint density at radius 1 is 1.50 bits per heavy atom. The molecule has 7 nitrogen and oxygen atoms in total. The molecule has 0 radical (unpaired) electrons. The average molecular weight is 263 g/mol. The van der Waals surface area contributed by atoms with Crippen molar-refractivity contribution >= 4 is 17.7 Å². The van der Waals surface area contributed by atoms with Gasteiger partial charge in [-0.15, -0.1) is 5.10 Å². The van der Waals surface area contributed by atoms with E-state index in [1.54, 1.807) is 16.9 Å². The first kappa shape index (κ1) is 11.1. The zero-order valence-electron chi connectivity index (χ0n) is 9.22. The van der Waals surface area contributed by atoms with Crippen LogP contribution in [-0.4, -0.2) is 36.3 Å². The van der Waals surface area contributed by atoms with Gasteiger partial charge >= 0.3 is 5.97 Å². The standard InChI is InChI=1S/C10H9N5O2S/c16-9(17)7-5-11-4-3-8(7)18-10-12-13-14-15(10)6-1-2-6/h3-6H,1-2H2,(H,16,17). The van der Waals surface area contributed by atoms with Gasteiger partial charge in [-0.3, -0.25) is 4.98 Å². The predicted molar refractivity (Wildman–Crippen MR) is 61.4 cm³/mol. The smallest absolute Gasteiger partial charge is 0.338 e. The van der Waals surface area contributed by atoms with Crippen molar-refractivity contribution in [2.24, 2.45) is 0 Å². The molecule has 0 aromatic carbocycles. The summed E-state index contributed by atoms with van der Waals surface area (Å²) in [5.74, 6) is -1.00. The second kappa shape index (κ2) is 4.37. The fraction of sp³-hybridized carbons (Fsp3) is 0.300. The average Bonchev–Trinajstić information content (AvgIpc) is 3.11. The highest BCUT2D eigenvalue weighted by atomic mass is 32.2. The number of nitrogens with zero attached hydrogens (tertiary/aromatic N) is 5. The maximum absolute atomic E-state index is 11.1. The SMILES string of the molecule is O=C(O)c1cnccc1Sc1nnnn1C1CC1. The summed E-state index contributed by atoms with van der Waals surface area (Å²) in [5.41, 5.74) is 0.160. The molecule has 0 amide bonds. The van der Waals surface area contributed by atoms with Gasteiger partial charge in [0.2, 0.25) is 5.16 Å². The number of hydrogen-bond donors (Lipinski definition) is 1. The molecule has 92 valence electrons. The summed E-state index contributed by atoms with van der Waals surface area (Å²) in [7, 11) is 0. The quantitative estimate of drug-likeness (QED) is 0.887. The van der Waals surface area contributed by atoms with Gasteiger partial charge in [0.05, 0.1) is 11.6 Å². The van der Waals surface area contributed by atoms with Crippen molar-refractivity contribution in [1.82, 2.24) is 25.2 Å². The minimum Gasteiger partial charge on any atom is -0.478 e. The van der Waals surface area contributed by atoms with Crippen molar-refractivity contribution in [1.29, 1.82) is 0 Å². The normalized spacial score (nSPS) is 14.7. The van der Waals surface area contributed by atoms with Crippen LogP contribution >= 0.6 is 11.8 Å². The van der Waals surface area contributed by atoms with E-state index in [0.717, 1.165) is 12.8 Å². The Kier molecular flexibility index (Phi) is 2.71. The summed E-state index contributed by atoms with van der Waals surface area (Å²) < 4.78 is 1.75. The van der Waals surface area contributed by atoms with Crippen molar-refractivity contribution in [2.75, 3.05) is 0 Å². The van der Waals surface area contributed by atoms with Gasteiger partial charge in [-0.2, -0.15) is 0 Å². The third kappa shape index (κ3) is 2.06. The maximum atomic E-state index is 11.1. The molecule has 1 saturated carbocycles. The molecule has 0 unspecified atom stereocenters. The van der Waals surface area contributed by atoms with E-state index in [-0.39, 0.29) is 5.56 Å². The lowest BCUT2D eigenvalue weighted by Gasteiger charge is -2.04. The molecular formula is C10H9N5O2S.